The van der Waals surface area contributed by atoms with Crippen molar-refractivity contribution in [3.05, 3.63) is 70.2 Å². The van der Waals surface area contributed by atoms with Crippen LogP contribution in [0.4, 0.5) is 0 Å². The van der Waals surface area contributed by atoms with Gasteiger partial charge in [0.15, 0.2) is 0 Å². The number of benzene rings is 2. The van der Waals surface area contributed by atoms with Crippen LogP contribution in [-0.2, 0) is 16.1 Å². The third-order valence-electron chi connectivity index (χ3n) is 4.63. The maximum Gasteiger partial charge on any atom is 0.251 e. The predicted octanol–water partition coefficient (Wildman–Crippen LogP) is 3.39. The van der Waals surface area contributed by atoms with E-state index >= 15 is 0 Å². The summed E-state index contributed by atoms with van der Waals surface area (Å²) in [6, 6.07) is 17.1. The van der Waals surface area contributed by atoms with Crippen LogP contribution >= 0.6 is 15.9 Å². The average molecular weight is 431 g/mol. The van der Waals surface area contributed by atoms with Crippen molar-refractivity contribution >= 4 is 27.7 Å². The van der Waals surface area contributed by atoms with Gasteiger partial charge in [0.05, 0.1) is 19.3 Å². The minimum absolute atomic E-state index is 0.0183. The molecule has 2 aromatic carbocycles. The molecule has 0 spiro atoms. The quantitative estimate of drug-likeness (QED) is 0.763. The third-order valence-corrected chi connectivity index (χ3v) is 5.16. The molecular weight excluding hydrogens is 408 g/mol. The van der Waals surface area contributed by atoms with E-state index in [9.17, 15) is 9.59 Å². The van der Waals surface area contributed by atoms with Crippen molar-refractivity contribution in [3.8, 4) is 0 Å². The van der Waals surface area contributed by atoms with Crippen molar-refractivity contribution in [2.24, 2.45) is 0 Å². The van der Waals surface area contributed by atoms with Gasteiger partial charge >= 0.3 is 0 Å². The summed E-state index contributed by atoms with van der Waals surface area (Å²) in [7, 11) is 0. The Morgan fingerprint density at radius 3 is 2.37 bits per heavy atom. The number of nitrogens with one attached hydrogen (secondary N) is 1. The van der Waals surface area contributed by atoms with Crippen LogP contribution < -0.4 is 5.32 Å². The molecule has 5 nitrogen and oxygen atoms in total. The van der Waals surface area contributed by atoms with Gasteiger partial charge in [-0.3, -0.25) is 9.59 Å². The van der Waals surface area contributed by atoms with E-state index in [0.29, 0.717) is 25.3 Å². The lowest BCUT2D eigenvalue weighted by molar-refractivity contribution is -0.132. The van der Waals surface area contributed by atoms with Crippen LogP contribution in [0.3, 0.4) is 0 Å². The minimum atomic E-state index is -0.239. The topological polar surface area (TPSA) is 58.6 Å². The third kappa shape index (κ3) is 5.91. The summed E-state index contributed by atoms with van der Waals surface area (Å²) in [5.41, 5.74) is 1.70. The molecule has 1 fully saturated rings. The first-order valence-corrected chi connectivity index (χ1v) is 9.88. The number of likely N-dealkylation sites (tertiary alicyclic amines) is 1. The van der Waals surface area contributed by atoms with Gasteiger partial charge in [-0.2, -0.15) is 0 Å². The van der Waals surface area contributed by atoms with Gasteiger partial charge in [0.2, 0.25) is 5.91 Å². The Morgan fingerprint density at radius 1 is 1.04 bits per heavy atom. The molecule has 0 unspecified atom stereocenters. The molecule has 1 saturated heterocycles. The van der Waals surface area contributed by atoms with Crippen molar-refractivity contribution in [3.63, 3.8) is 0 Å². The summed E-state index contributed by atoms with van der Waals surface area (Å²) < 4.78 is 6.86. The van der Waals surface area contributed by atoms with Crippen molar-refractivity contribution in [1.29, 1.82) is 0 Å². The molecule has 2 aromatic rings. The van der Waals surface area contributed by atoms with Gasteiger partial charge in [-0.15, -0.1) is 0 Å². The lowest BCUT2D eigenvalue weighted by atomic mass is 10.1. The molecule has 1 N–H and O–H groups in total. The number of carbonyl (C=O) groups excluding carboxylic acids is 2. The van der Waals surface area contributed by atoms with Crippen LogP contribution in [-0.4, -0.2) is 42.5 Å². The zero-order chi connectivity index (χ0) is 19.1. The van der Waals surface area contributed by atoms with Gasteiger partial charge in [-0.1, -0.05) is 46.3 Å². The zero-order valence-corrected chi connectivity index (χ0v) is 16.7. The van der Waals surface area contributed by atoms with E-state index in [4.69, 9.17) is 4.74 Å². The van der Waals surface area contributed by atoms with Crippen LogP contribution in [0.5, 0.6) is 0 Å². The van der Waals surface area contributed by atoms with Gasteiger partial charge in [0.1, 0.15) is 0 Å². The molecule has 3 rings (SSSR count). The van der Waals surface area contributed by atoms with E-state index in [1.165, 1.54) is 0 Å². The van der Waals surface area contributed by atoms with Crippen LogP contribution in [0, 0.1) is 0 Å². The molecule has 27 heavy (non-hydrogen) atoms. The number of halogens is 1. The van der Waals surface area contributed by atoms with Crippen LogP contribution in [0.25, 0.3) is 0 Å². The fraction of sp³-hybridized carbons (Fsp3) is 0.333. The van der Waals surface area contributed by atoms with Gasteiger partial charge in [-0.25, -0.2) is 0 Å². The predicted molar refractivity (Wildman–Crippen MR) is 107 cm³/mol. The summed E-state index contributed by atoms with van der Waals surface area (Å²) >= 11 is 3.34. The highest BCUT2D eigenvalue weighted by molar-refractivity contribution is 9.10. The summed E-state index contributed by atoms with van der Waals surface area (Å²) in [6.45, 7) is 1.94. The second kappa shape index (κ2) is 9.67. The SMILES string of the molecule is O=C(NCC(=O)N1CCC(OCc2ccccc2)CC1)c1ccc(Br)cc1. The molecule has 0 bridgehead atoms. The highest BCUT2D eigenvalue weighted by Gasteiger charge is 2.23. The molecule has 1 aliphatic heterocycles. The molecule has 2 amide bonds. The first kappa shape index (κ1) is 19.6. The van der Waals surface area contributed by atoms with E-state index in [-0.39, 0.29) is 24.5 Å². The number of hydrogen-bond donors (Lipinski definition) is 1. The largest absolute Gasteiger partial charge is 0.373 e. The fourth-order valence-electron chi connectivity index (χ4n) is 3.03. The van der Waals surface area contributed by atoms with Gasteiger partial charge < -0.3 is 15.0 Å². The molecule has 142 valence electrons. The molecule has 0 saturated carbocycles. The van der Waals surface area contributed by atoms with Gasteiger partial charge in [0, 0.05) is 23.1 Å². The number of rotatable bonds is 6. The van der Waals surface area contributed by atoms with Gasteiger partial charge in [0.25, 0.3) is 5.91 Å². The zero-order valence-electron chi connectivity index (χ0n) is 15.1. The van der Waals surface area contributed by atoms with E-state index in [2.05, 4.69) is 21.2 Å². The Hall–Kier alpha value is -2.18. The van der Waals surface area contributed by atoms with E-state index in [1.54, 1.807) is 29.2 Å². The smallest absolute Gasteiger partial charge is 0.251 e. The average Bonchev–Trinajstić information content (AvgIpc) is 2.72. The highest BCUT2D eigenvalue weighted by Crippen LogP contribution is 2.16. The second-order valence-electron chi connectivity index (χ2n) is 6.57. The number of hydrogen-bond acceptors (Lipinski definition) is 3. The lowest BCUT2D eigenvalue weighted by Gasteiger charge is -2.32. The Labute approximate surface area is 167 Å². The maximum atomic E-state index is 12.3. The van der Waals surface area contributed by atoms with Crippen molar-refractivity contribution in [2.45, 2.75) is 25.6 Å². The Balaban J connectivity index is 1.38. The number of amides is 2. The summed E-state index contributed by atoms with van der Waals surface area (Å²) in [5.74, 6) is -0.293. The Morgan fingerprint density at radius 2 is 1.70 bits per heavy atom. The summed E-state index contributed by atoms with van der Waals surface area (Å²) in [5, 5.41) is 2.70. The van der Waals surface area contributed by atoms with Crippen molar-refractivity contribution in [2.75, 3.05) is 19.6 Å². The van der Waals surface area contributed by atoms with Gasteiger partial charge in [-0.05, 0) is 42.7 Å². The van der Waals surface area contributed by atoms with E-state index < -0.39 is 0 Å². The molecule has 0 aliphatic carbocycles. The Bertz CT molecular complexity index is 757. The minimum Gasteiger partial charge on any atom is -0.373 e. The highest BCUT2D eigenvalue weighted by atomic mass is 79.9. The van der Waals surface area contributed by atoms with Crippen molar-refractivity contribution in [1.82, 2.24) is 10.2 Å². The molecular formula is C21H23BrN2O3. The standard InChI is InChI=1S/C21H23BrN2O3/c22-18-8-6-17(7-9-18)21(26)23-14-20(25)24-12-10-19(11-13-24)27-15-16-4-2-1-3-5-16/h1-9,19H,10-15H2,(H,23,26). The number of ether oxygens (including phenoxy) is 1. The summed E-state index contributed by atoms with van der Waals surface area (Å²) in [6.07, 6.45) is 1.81. The number of carbonyl (C=O) groups is 2. The lowest BCUT2D eigenvalue weighted by Crippen LogP contribution is -2.45. The van der Waals surface area contributed by atoms with Crippen LogP contribution in [0.2, 0.25) is 0 Å². The maximum absolute atomic E-state index is 12.3. The molecule has 1 aliphatic rings. The fourth-order valence-corrected chi connectivity index (χ4v) is 3.30. The monoisotopic (exact) mass is 430 g/mol. The molecule has 1 heterocycles. The molecule has 0 aromatic heterocycles. The second-order valence-corrected chi connectivity index (χ2v) is 7.48. The molecule has 0 atom stereocenters. The summed E-state index contributed by atoms with van der Waals surface area (Å²) in [4.78, 5) is 26.2. The normalized spacial score (nSPS) is 14.8. The van der Waals surface area contributed by atoms with Crippen LogP contribution in [0.15, 0.2) is 59.1 Å². The Kier molecular flexibility index (Phi) is 7.01. The molecule has 6 heteroatoms. The van der Waals surface area contributed by atoms with E-state index in [1.807, 2.05) is 30.3 Å². The number of nitrogens with zero attached hydrogens (tertiary/aromatic N) is 1. The van der Waals surface area contributed by atoms with Crippen molar-refractivity contribution < 1.29 is 14.3 Å². The number of piperidine rings is 1. The first-order chi connectivity index (χ1) is 13.1. The van der Waals surface area contributed by atoms with Crippen LogP contribution in [0.1, 0.15) is 28.8 Å². The van der Waals surface area contributed by atoms with E-state index in [0.717, 1.165) is 22.9 Å². The first-order valence-electron chi connectivity index (χ1n) is 9.09. The molecule has 0 radical (unpaired) electrons.